The minimum absolute atomic E-state index is 0.00333. The first-order chi connectivity index (χ1) is 32.7. The lowest BCUT2D eigenvalue weighted by Gasteiger charge is -2.38. The Hall–Kier alpha value is -5.87. The number of guanidine groups is 1. The smallest absolute Gasteiger partial charge is 0.326 e. The van der Waals surface area contributed by atoms with Crippen molar-refractivity contribution in [1.29, 1.82) is 0 Å². The van der Waals surface area contributed by atoms with E-state index in [1.54, 1.807) is 35.2 Å². The Labute approximate surface area is 398 Å². The first-order valence-corrected chi connectivity index (χ1v) is 24.2. The topological polar surface area (TPSA) is 366 Å². The summed E-state index contributed by atoms with van der Waals surface area (Å²) in [5, 5.41) is 23.2. The molecule has 22 heteroatoms. The number of hydrogen-bond acceptors (Lipinski definition) is 12. The summed E-state index contributed by atoms with van der Waals surface area (Å²) in [6.45, 7) is 0.681. The maximum absolute atomic E-state index is 15.1. The first-order valence-electron chi connectivity index (χ1n) is 24.2. The van der Waals surface area contributed by atoms with E-state index in [0.29, 0.717) is 70.0 Å². The molecule has 2 heterocycles. The number of nitrogens with two attached hydrogens (primary N) is 5. The van der Waals surface area contributed by atoms with Crippen LogP contribution in [0.2, 0.25) is 0 Å². The lowest BCUT2D eigenvalue weighted by Crippen LogP contribution is -2.60. The normalized spacial score (nSPS) is 20.5. The monoisotopic (exact) mass is 954 g/mol. The number of carboxylic acids is 1. The van der Waals surface area contributed by atoms with E-state index in [1.807, 2.05) is 0 Å². The Morgan fingerprint density at radius 3 is 1.94 bits per heavy atom. The van der Waals surface area contributed by atoms with Crippen LogP contribution >= 0.6 is 0 Å². The lowest BCUT2D eigenvalue weighted by molar-refractivity contribution is -0.150. The minimum atomic E-state index is -1.23. The minimum Gasteiger partial charge on any atom is -0.480 e. The van der Waals surface area contributed by atoms with Crippen LogP contribution in [0, 0.1) is 5.92 Å². The number of carbonyl (C=O) groups excluding carboxylic acids is 7. The molecule has 3 aliphatic rings. The number of aliphatic carboxylic acids is 1. The van der Waals surface area contributed by atoms with Crippen LogP contribution in [0.5, 0.6) is 0 Å². The van der Waals surface area contributed by atoms with Gasteiger partial charge < -0.3 is 70.2 Å². The Bertz CT molecular complexity index is 1890. The molecule has 1 aliphatic carbocycles. The van der Waals surface area contributed by atoms with Gasteiger partial charge in [-0.3, -0.25) is 38.6 Å². The Balaban J connectivity index is 1.54. The van der Waals surface area contributed by atoms with Gasteiger partial charge in [-0.15, -0.1) is 0 Å². The molecule has 4 rings (SSSR count). The van der Waals surface area contributed by atoms with Gasteiger partial charge in [-0.25, -0.2) is 4.79 Å². The molecule has 1 aromatic rings. The summed E-state index contributed by atoms with van der Waals surface area (Å²) in [5.74, 6) is -5.22. The summed E-state index contributed by atoms with van der Waals surface area (Å²) in [4.78, 5) is 116. The molecule has 3 fully saturated rings. The number of carbonyl (C=O) groups is 8. The molecule has 0 radical (unpaired) electrons. The van der Waals surface area contributed by atoms with E-state index in [0.717, 1.165) is 19.3 Å². The number of carboxylic acid groups (broad SMARTS) is 1. The van der Waals surface area contributed by atoms with Crippen molar-refractivity contribution in [3.05, 3.63) is 35.9 Å². The van der Waals surface area contributed by atoms with Gasteiger partial charge in [-0.2, -0.15) is 0 Å². The van der Waals surface area contributed by atoms with Gasteiger partial charge in [0, 0.05) is 38.5 Å². The van der Waals surface area contributed by atoms with Crippen molar-refractivity contribution in [3.8, 4) is 0 Å². The molecule has 0 spiro atoms. The van der Waals surface area contributed by atoms with Crippen LogP contribution < -0.4 is 55.3 Å². The van der Waals surface area contributed by atoms with E-state index in [9.17, 15) is 38.7 Å². The lowest BCUT2D eigenvalue weighted by atomic mass is 9.84. The van der Waals surface area contributed by atoms with Crippen LogP contribution in [0.25, 0.3) is 0 Å². The van der Waals surface area contributed by atoms with Crippen LogP contribution in [-0.2, 0) is 44.8 Å². The number of benzene rings is 1. The second-order valence-corrected chi connectivity index (χ2v) is 18.0. The molecule has 22 nitrogen and oxygen atoms in total. The van der Waals surface area contributed by atoms with Gasteiger partial charge in [-0.05, 0) is 108 Å². The van der Waals surface area contributed by atoms with Gasteiger partial charge in [0.25, 0.3) is 0 Å². The second kappa shape index (κ2) is 28.5. The maximum Gasteiger partial charge on any atom is 0.326 e. The Morgan fingerprint density at radius 1 is 0.691 bits per heavy atom. The molecule has 1 saturated carbocycles. The SMILES string of the molecule is NCCCC[C@H](NC(=O)CCN)C(=O)N[C@@H](CCCCN)C(=O)N[C@H](CCCN=C(N)N)C(=O)N1[C@H](C(=O)N2CCC[C@H]2C(=O)NCC(=O)N[C@@H](Cc2ccccc2)C(=O)O)C[C@@H]2CCCC[C@@H]21. The van der Waals surface area contributed by atoms with E-state index in [1.165, 1.54) is 4.90 Å². The number of fused-ring (bicyclic) bond motifs is 1. The number of amides is 7. The average molecular weight is 954 g/mol. The summed E-state index contributed by atoms with van der Waals surface area (Å²) in [6.07, 6.45) is 7.33. The zero-order valence-corrected chi connectivity index (χ0v) is 39.2. The summed E-state index contributed by atoms with van der Waals surface area (Å²) >= 11 is 0. The van der Waals surface area contributed by atoms with E-state index >= 15 is 4.79 Å². The molecular formula is C46H75N13O9. The number of nitrogens with zero attached hydrogens (tertiary/aromatic N) is 3. The van der Waals surface area contributed by atoms with Crippen molar-refractivity contribution in [1.82, 2.24) is 36.4 Å². The standard InChI is InChI=1S/C46H75N13O9/c47-21-8-6-15-31(54-38(60)20-23-49)40(62)56-32(16-7-9-22-48)41(63)57-33(17-10-24-52-46(50)51)43(65)59-35-18-5-4-14-30(35)27-37(59)44(66)58-25-11-19-36(58)42(64)53-28-39(61)55-34(45(67)68)26-29-12-2-1-3-13-29/h1-3,12-13,30-37H,4-11,14-28,47-49H2,(H,53,64)(H,54,60)(H,55,61)(H,56,62)(H,57,63)(H,67,68)(H4,50,51,52)/t30-,31-,32-,33+,34-,35-,36-,37-/m0/s1. The average Bonchev–Trinajstić information content (AvgIpc) is 3.97. The van der Waals surface area contributed by atoms with Gasteiger partial charge in [0.05, 0.1) is 6.54 Å². The van der Waals surface area contributed by atoms with Crippen molar-refractivity contribution in [3.63, 3.8) is 0 Å². The Kier molecular flexibility index (Phi) is 22.9. The number of nitrogens with one attached hydrogen (secondary N) is 5. The number of rotatable bonds is 28. The molecule has 68 heavy (non-hydrogen) atoms. The van der Waals surface area contributed by atoms with Crippen molar-refractivity contribution < 1.29 is 43.5 Å². The number of hydrogen-bond donors (Lipinski definition) is 11. The zero-order valence-electron chi connectivity index (χ0n) is 39.2. The van der Waals surface area contributed by atoms with Gasteiger partial charge in [0.1, 0.15) is 36.3 Å². The maximum atomic E-state index is 15.1. The largest absolute Gasteiger partial charge is 0.480 e. The fourth-order valence-corrected chi connectivity index (χ4v) is 9.48. The van der Waals surface area contributed by atoms with Crippen LogP contribution in [0.4, 0.5) is 0 Å². The van der Waals surface area contributed by atoms with Crippen molar-refractivity contribution in [2.45, 2.75) is 151 Å². The first kappa shape index (κ1) is 54.7. The molecule has 8 atom stereocenters. The molecule has 7 amide bonds. The van der Waals surface area contributed by atoms with E-state index < -0.39 is 90.1 Å². The van der Waals surface area contributed by atoms with E-state index in [2.05, 4.69) is 31.6 Å². The molecule has 0 unspecified atom stereocenters. The molecule has 1 aromatic carbocycles. The highest BCUT2D eigenvalue weighted by Gasteiger charge is 2.51. The predicted molar refractivity (Wildman–Crippen MR) is 254 cm³/mol. The highest BCUT2D eigenvalue weighted by atomic mass is 16.4. The van der Waals surface area contributed by atoms with E-state index in [4.69, 9.17) is 28.7 Å². The van der Waals surface area contributed by atoms with Crippen LogP contribution in [0.3, 0.4) is 0 Å². The van der Waals surface area contributed by atoms with Crippen LogP contribution in [-0.4, -0.2) is 150 Å². The predicted octanol–water partition coefficient (Wildman–Crippen LogP) is -1.82. The molecular weight excluding hydrogens is 879 g/mol. The van der Waals surface area contributed by atoms with E-state index in [-0.39, 0.29) is 76.1 Å². The number of unbranched alkanes of at least 4 members (excludes halogenated alkanes) is 2. The fourth-order valence-electron chi connectivity index (χ4n) is 9.48. The van der Waals surface area contributed by atoms with Gasteiger partial charge in [0.15, 0.2) is 5.96 Å². The zero-order chi connectivity index (χ0) is 49.6. The third-order valence-corrected chi connectivity index (χ3v) is 12.9. The van der Waals surface area contributed by atoms with Gasteiger partial charge in [-0.1, -0.05) is 43.2 Å². The highest BCUT2D eigenvalue weighted by Crippen LogP contribution is 2.41. The fraction of sp³-hybridized carbons (Fsp3) is 0.674. The Morgan fingerprint density at radius 2 is 1.31 bits per heavy atom. The summed E-state index contributed by atoms with van der Waals surface area (Å²) in [7, 11) is 0. The molecule has 2 saturated heterocycles. The quantitative estimate of drug-likeness (QED) is 0.0251. The van der Waals surface area contributed by atoms with Gasteiger partial charge >= 0.3 is 5.97 Å². The molecule has 0 aromatic heterocycles. The van der Waals surface area contributed by atoms with Crippen LogP contribution in [0.15, 0.2) is 35.3 Å². The number of likely N-dealkylation sites (tertiary alicyclic amines) is 2. The summed E-state index contributed by atoms with van der Waals surface area (Å²) in [5.41, 5.74) is 28.9. The summed E-state index contributed by atoms with van der Waals surface area (Å²) in [6, 6.07) is 2.12. The van der Waals surface area contributed by atoms with Crippen molar-refractivity contribution in [2.24, 2.45) is 39.6 Å². The molecule has 16 N–H and O–H groups in total. The molecule has 378 valence electrons. The van der Waals surface area contributed by atoms with Crippen molar-refractivity contribution >= 4 is 53.3 Å². The third kappa shape index (κ3) is 16.7. The van der Waals surface area contributed by atoms with Crippen molar-refractivity contribution in [2.75, 3.05) is 39.3 Å². The second-order valence-electron chi connectivity index (χ2n) is 18.0. The highest BCUT2D eigenvalue weighted by molar-refractivity contribution is 5.97. The molecule has 0 bridgehead atoms. The number of aliphatic imine (C=N–C) groups is 1. The van der Waals surface area contributed by atoms with Crippen LogP contribution in [0.1, 0.15) is 108 Å². The third-order valence-electron chi connectivity index (χ3n) is 12.9. The van der Waals surface area contributed by atoms with Gasteiger partial charge in [0.2, 0.25) is 41.4 Å². The molecule has 2 aliphatic heterocycles. The summed E-state index contributed by atoms with van der Waals surface area (Å²) < 4.78 is 0.